The van der Waals surface area contributed by atoms with E-state index in [1.165, 1.54) is 0 Å². The molecule has 0 radical (unpaired) electrons. The summed E-state index contributed by atoms with van der Waals surface area (Å²) in [5.74, 6) is 0.218. The number of amides is 2. The largest absolute Gasteiger partial charge is 0.494 e. The highest BCUT2D eigenvalue weighted by atomic mass is 16.6. The highest BCUT2D eigenvalue weighted by Gasteiger charge is 2.07. The Morgan fingerprint density at radius 2 is 1.64 bits per heavy atom. The van der Waals surface area contributed by atoms with E-state index in [2.05, 4.69) is 10.9 Å². The number of hydrazine groups is 1. The van der Waals surface area contributed by atoms with Gasteiger partial charge in [0.15, 0.2) is 0 Å². The van der Waals surface area contributed by atoms with Gasteiger partial charge in [0.1, 0.15) is 12.4 Å². The van der Waals surface area contributed by atoms with Crippen LogP contribution in [0, 0.1) is 0 Å². The Hall–Kier alpha value is -3.32. The molecular formula is C21H24N2O5. The summed E-state index contributed by atoms with van der Waals surface area (Å²) in [5.41, 5.74) is 5.94. The van der Waals surface area contributed by atoms with Crippen LogP contribution in [0.3, 0.4) is 0 Å². The molecular weight excluding hydrogens is 360 g/mol. The summed E-state index contributed by atoms with van der Waals surface area (Å²) < 4.78 is 15.7. The molecule has 0 saturated carbocycles. The van der Waals surface area contributed by atoms with E-state index < -0.39 is 12.0 Å². The van der Waals surface area contributed by atoms with Gasteiger partial charge in [-0.1, -0.05) is 36.4 Å². The van der Waals surface area contributed by atoms with Gasteiger partial charge in [0.05, 0.1) is 19.8 Å². The summed E-state index contributed by atoms with van der Waals surface area (Å²) >= 11 is 0. The van der Waals surface area contributed by atoms with Crippen LogP contribution < -0.4 is 15.6 Å². The quantitative estimate of drug-likeness (QED) is 0.394. The predicted octanol–water partition coefficient (Wildman–Crippen LogP) is 3.23. The average Bonchev–Trinajstić information content (AvgIpc) is 2.73. The number of ether oxygens (including phenoxy) is 3. The van der Waals surface area contributed by atoms with Gasteiger partial charge in [-0.15, -0.1) is 0 Å². The van der Waals surface area contributed by atoms with Crippen molar-refractivity contribution >= 4 is 12.0 Å². The molecule has 0 aromatic heterocycles. The molecule has 0 saturated heterocycles. The summed E-state index contributed by atoms with van der Waals surface area (Å²) in [6, 6.07) is 16.4. The third-order valence-electron chi connectivity index (χ3n) is 3.51. The first-order valence-electron chi connectivity index (χ1n) is 8.91. The number of hydrogen-bond donors (Lipinski definition) is 2. The molecule has 0 unspecified atom stereocenters. The van der Waals surface area contributed by atoms with Crippen LogP contribution in [0.2, 0.25) is 0 Å². The normalized spacial score (nSPS) is 10.5. The zero-order valence-electron chi connectivity index (χ0n) is 15.7. The first-order chi connectivity index (χ1) is 13.7. The van der Waals surface area contributed by atoms with Crippen LogP contribution in [0.15, 0.2) is 66.7 Å². The molecule has 2 amide bonds. The molecule has 0 fully saturated rings. The Kier molecular flexibility index (Phi) is 9.10. The number of hydrogen-bond acceptors (Lipinski definition) is 5. The van der Waals surface area contributed by atoms with E-state index in [4.69, 9.17) is 14.2 Å². The molecule has 0 aliphatic rings. The highest BCUT2D eigenvalue weighted by molar-refractivity contribution is 5.95. The van der Waals surface area contributed by atoms with Gasteiger partial charge in [-0.05, 0) is 42.8 Å². The van der Waals surface area contributed by atoms with Crippen molar-refractivity contribution in [1.29, 1.82) is 0 Å². The lowest BCUT2D eigenvalue weighted by Crippen LogP contribution is -2.41. The third-order valence-corrected chi connectivity index (χ3v) is 3.51. The number of benzene rings is 2. The molecule has 2 rings (SSSR count). The van der Waals surface area contributed by atoms with Crippen molar-refractivity contribution < 1.29 is 23.8 Å². The molecule has 2 aromatic carbocycles. The van der Waals surface area contributed by atoms with Crippen LogP contribution in [-0.4, -0.2) is 31.8 Å². The molecule has 0 heterocycles. The van der Waals surface area contributed by atoms with Crippen LogP contribution in [-0.2, 0) is 16.1 Å². The maximum absolute atomic E-state index is 11.9. The summed E-state index contributed by atoms with van der Waals surface area (Å²) in [6.45, 7) is 3.42. The average molecular weight is 384 g/mol. The molecule has 148 valence electrons. The fourth-order valence-corrected chi connectivity index (χ4v) is 2.16. The topological polar surface area (TPSA) is 85.9 Å². The number of carbonyl (C=O) groups excluding carboxylic acids is 2. The Balaban J connectivity index is 1.57. The Bertz CT molecular complexity index is 760. The molecule has 2 N–H and O–H groups in total. The predicted molar refractivity (Wildman–Crippen MR) is 105 cm³/mol. The van der Waals surface area contributed by atoms with E-state index in [9.17, 15) is 9.59 Å². The molecule has 7 nitrogen and oxygen atoms in total. The Labute approximate surface area is 164 Å². The first-order valence-corrected chi connectivity index (χ1v) is 8.91. The van der Waals surface area contributed by atoms with E-state index in [0.29, 0.717) is 31.1 Å². The summed E-state index contributed by atoms with van der Waals surface area (Å²) in [5, 5.41) is 0. The van der Waals surface area contributed by atoms with E-state index in [-0.39, 0.29) is 6.61 Å². The van der Waals surface area contributed by atoms with E-state index in [0.717, 1.165) is 5.56 Å². The minimum absolute atomic E-state index is 0.0689. The lowest BCUT2D eigenvalue weighted by molar-refractivity contribution is 0.0915. The second-order valence-electron chi connectivity index (χ2n) is 5.61. The van der Waals surface area contributed by atoms with Crippen molar-refractivity contribution in [3.8, 4) is 5.75 Å². The molecule has 2 aromatic rings. The lowest BCUT2D eigenvalue weighted by atomic mass is 10.2. The van der Waals surface area contributed by atoms with Gasteiger partial charge in [-0.3, -0.25) is 10.2 Å². The van der Waals surface area contributed by atoms with Gasteiger partial charge < -0.3 is 14.2 Å². The molecule has 7 heteroatoms. The van der Waals surface area contributed by atoms with Gasteiger partial charge in [-0.25, -0.2) is 10.2 Å². The third kappa shape index (κ3) is 7.92. The van der Waals surface area contributed by atoms with Crippen molar-refractivity contribution in [1.82, 2.24) is 10.9 Å². The standard InChI is InChI=1S/C21H24N2O5/c1-2-27-19-12-10-18(11-13-19)20(24)22-23-21(25)28-15-7-6-14-26-16-17-8-4-3-5-9-17/h3-13H,2,14-16H2,1H3,(H,22,24)(H,23,25)/b7-6+. The zero-order chi connectivity index (χ0) is 20.0. The van der Waals surface area contributed by atoms with E-state index in [1.807, 2.05) is 37.3 Å². The molecule has 0 aliphatic carbocycles. The fourth-order valence-electron chi connectivity index (χ4n) is 2.16. The summed E-state index contributed by atoms with van der Waals surface area (Å²) in [4.78, 5) is 23.5. The number of rotatable bonds is 9. The van der Waals surface area contributed by atoms with Gasteiger partial charge in [0.25, 0.3) is 5.91 Å². The monoisotopic (exact) mass is 384 g/mol. The molecule has 0 atom stereocenters. The Morgan fingerprint density at radius 1 is 0.929 bits per heavy atom. The Morgan fingerprint density at radius 3 is 2.36 bits per heavy atom. The van der Waals surface area contributed by atoms with Crippen LogP contribution in [0.25, 0.3) is 0 Å². The number of carbonyl (C=O) groups is 2. The summed E-state index contributed by atoms with van der Waals surface area (Å²) in [7, 11) is 0. The second kappa shape index (κ2) is 12.1. The van der Waals surface area contributed by atoms with Gasteiger partial charge in [0.2, 0.25) is 0 Å². The lowest BCUT2D eigenvalue weighted by Gasteiger charge is -2.08. The van der Waals surface area contributed by atoms with E-state index in [1.54, 1.807) is 36.4 Å². The van der Waals surface area contributed by atoms with Gasteiger partial charge in [0, 0.05) is 5.56 Å². The van der Waals surface area contributed by atoms with Crippen LogP contribution in [0.5, 0.6) is 5.75 Å². The highest BCUT2D eigenvalue weighted by Crippen LogP contribution is 2.11. The SMILES string of the molecule is CCOc1ccc(C(=O)NNC(=O)OC/C=C/COCc2ccccc2)cc1. The summed E-state index contributed by atoms with van der Waals surface area (Å²) in [6.07, 6.45) is 2.67. The van der Waals surface area contributed by atoms with Gasteiger partial charge in [-0.2, -0.15) is 0 Å². The smallest absolute Gasteiger partial charge is 0.426 e. The molecule has 28 heavy (non-hydrogen) atoms. The fraction of sp³-hybridized carbons (Fsp3) is 0.238. The number of nitrogens with one attached hydrogen (secondary N) is 2. The zero-order valence-corrected chi connectivity index (χ0v) is 15.7. The maximum atomic E-state index is 11.9. The molecule has 0 spiro atoms. The van der Waals surface area contributed by atoms with Crippen molar-refractivity contribution in [3.05, 3.63) is 77.9 Å². The van der Waals surface area contributed by atoms with Crippen LogP contribution >= 0.6 is 0 Å². The van der Waals surface area contributed by atoms with Crippen molar-refractivity contribution in [3.63, 3.8) is 0 Å². The van der Waals surface area contributed by atoms with Crippen LogP contribution in [0.4, 0.5) is 4.79 Å². The van der Waals surface area contributed by atoms with E-state index >= 15 is 0 Å². The van der Waals surface area contributed by atoms with Crippen LogP contribution in [0.1, 0.15) is 22.8 Å². The van der Waals surface area contributed by atoms with Crippen molar-refractivity contribution in [2.24, 2.45) is 0 Å². The van der Waals surface area contributed by atoms with Crippen molar-refractivity contribution in [2.45, 2.75) is 13.5 Å². The van der Waals surface area contributed by atoms with Gasteiger partial charge >= 0.3 is 6.09 Å². The molecule has 0 bridgehead atoms. The van der Waals surface area contributed by atoms with Crippen molar-refractivity contribution in [2.75, 3.05) is 19.8 Å². The minimum Gasteiger partial charge on any atom is -0.494 e. The minimum atomic E-state index is -0.755. The second-order valence-corrected chi connectivity index (χ2v) is 5.61. The maximum Gasteiger partial charge on any atom is 0.426 e. The molecule has 0 aliphatic heterocycles. The first kappa shape index (κ1) is 21.0.